The van der Waals surface area contributed by atoms with Crippen molar-refractivity contribution in [2.45, 2.75) is 19.4 Å². The molecule has 0 saturated heterocycles. The minimum atomic E-state index is -0.196. The van der Waals surface area contributed by atoms with E-state index >= 15 is 0 Å². The maximum atomic E-state index is 12.2. The minimum absolute atomic E-state index is 0.101. The van der Waals surface area contributed by atoms with Gasteiger partial charge >= 0.3 is 0 Å². The minimum Gasteiger partial charge on any atom is -0.454 e. The number of carbonyl (C=O) groups is 2. The highest BCUT2D eigenvalue weighted by Gasteiger charge is 2.17. The standard InChI is InChI=1S/C18H16O5/c19-10-13-3-1-2-4-14(13)16(21)7-6-15(20)12-5-8-17-18(9-12)23-11-22-17/h1-5,8-9,19H,6-7,10-11H2. The molecular weight excluding hydrogens is 296 g/mol. The number of rotatable bonds is 6. The average molecular weight is 312 g/mol. The van der Waals surface area contributed by atoms with Crippen molar-refractivity contribution in [2.75, 3.05) is 6.79 Å². The summed E-state index contributed by atoms with van der Waals surface area (Å²) in [6, 6.07) is 11.9. The van der Waals surface area contributed by atoms with Gasteiger partial charge in [0.15, 0.2) is 23.1 Å². The second-order valence-electron chi connectivity index (χ2n) is 5.23. The number of fused-ring (bicyclic) bond motifs is 1. The third-order valence-corrected chi connectivity index (χ3v) is 3.76. The molecule has 0 atom stereocenters. The van der Waals surface area contributed by atoms with Crippen molar-refractivity contribution in [3.63, 3.8) is 0 Å². The number of aliphatic hydroxyl groups excluding tert-OH is 1. The molecule has 1 N–H and O–H groups in total. The maximum absolute atomic E-state index is 12.2. The summed E-state index contributed by atoms with van der Waals surface area (Å²) < 4.78 is 10.4. The Morgan fingerprint density at radius 1 is 0.957 bits per heavy atom. The number of ketones is 2. The molecule has 0 aromatic heterocycles. The third kappa shape index (κ3) is 3.24. The number of Topliss-reactive ketones (excluding diaryl/α,β-unsaturated/α-hetero) is 2. The number of hydrogen-bond donors (Lipinski definition) is 1. The summed E-state index contributed by atoms with van der Waals surface area (Å²) in [5.74, 6) is 0.893. The topological polar surface area (TPSA) is 72.8 Å². The monoisotopic (exact) mass is 312 g/mol. The van der Waals surface area contributed by atoms with Crippen LogP contribution in [0, 0.1) is 0 Å². The molecule has 2 aromatic rings. The number of ether oxygens (including phenoxy) is 2. The smallest absolute Gasteiger partial charge is 0.231 e. The van der Waals surface area contributed by atoms with Gasteiger partial charge < -0.3 is 14.6 Å². The van der Waals surface area contributed by atoms with Gasteiger partial charge in [0.2, 0.25) is 6.79 Å². The van der Waals surface area contributed by atoms with E-state index in [1.165, 1.54) is 0 Å². The van der Waals surface area contributed by atoms with Crippen LogP contribution >= 0.6 is 0 Å². The van der Waals surface area contributed by atoms with Gasteiger partial charge in [-0.05, 0) is 23.8 Å². The van der Waals surface area contributed by atoms with E-state index in [4.69, 9.17) is 9.47 Å². The Labute approximate surface area is 133 Å². The van der Waals surface area contributed by atoms with Crippen LogP contribution in [0.5, 0.6) is 11.5 Å². The molecule has 0 spiro atoms. The Kier molecular flexibility index (Phi) is 4.39. The van der Waals surface area contributed by atoms with Gasteiger partial charge in [-0.15, -0.1) is 0 Å². The Bertz CT molecular complexity index is 751. The fraction of sp³-hybridized carbons (Fsp3) is 0.222. The van der Waals surface area contributed by atoms with Crippen LogP contribution in [0.1, 0.15) is 39.1 Å². The Morgan fingerprint density at radius 3 is 2.52 bits per heavy atom. The molecule has 0 bridgehead atoms. The number of benzene rings is 2. The lowest BCUT2D eigenvalue weighted by molar-refractivity contribution is 0.0916. The van der Waals surface area contributed by atoms with Crippen molar-refractivity contribution < 1.29 is 24.2 Å². The van der Waals surface area contributed by atoms with Gasteiger partial charge in [-0.2, -0.15) is 0 Å². The third-order valence-electron chi connectivity index (χ3n) is 3.76. The van der Waals surface area contributed by atoms with Crippen molar-refractivity contribution in [3.05, 3.63) is 59.2 Å². The molecule has 0 aliphatic carbocycles. The molecular formula is C18H16O5. The molecule has 2 aromatic carbocycles. The lowest BCUT2D eigenvalue weighted by Crippen LogP contribution is -2.07. The zero-order valence-electron chi connectivity index (χ0n) is 12.5. The molecule has 118 valence electrons. The molecule has 23 heavy (non-hydrogen) atoms. The van der Waals surface area contributed by atoms with E-state index in [2.05, 4.69) is 0 Å². The summed E-state index contributed by atoms with van der Waals surface area (Å²) in [7, 11) is 0. The highest BCUT2D eigenvalue weighted by molar-refractivity contribution is 6.03. The first kappa shape index (κ1) is 15.2. The summed E-state index contributed by atoms with van der Waals surface area (Å²) in [6.07, 6.45) is 0.211. The van der Waals surface area contributed by atoms with Crippen LogP contribution in [0.15, 0.2) is 42.5 Å². The fourth-order valence-electron chi connectivity index (χ4n) is 2.51. The summed E-state index contributed by atoms with van der Waals surface area (Å²) in [5.41, 5.74) is 1.54. The first-order valence-electron chi connectivity index (χ1n) is 7.34. The van der Waals surface area contributed by atoms with E-state index in [0.717, 1.165) is 0 Å². The van der Waals surface area contributed by atoms with Gasteiger partial charge in [0.1, 0.15) is 0 Å². The molecule has 1 heterocycles. The second-order valence-corrected chi connectivity index (χ2v) is 5.23. The van der Waals surface area contributed by atoms with E-state index in [9.17, 15) is 14.7 Å². The number of aliphatic hydroxyl groups is 1. The molecule has 1 aliphatic rings. The van der Waals surface area contributed by atoms with Crippen LogP contribution in [0.3, 0.4) is 0 Å². The van der Waals surface area contributed by atoms with E-state index < -0.39 is 0 Å². The maximum Gasteiger partial charge on any atom is 0.231 e. The lowest BCUT2D eigenvalue weighted by atomic mass is 9.98. The number of carbonyl (C=O) groups excluding carboxylic acids is 2. The normalized spacial score (nSPS) is 12.2. The van der Waals surface area contributed by atoms with Crippen molar-refractivity contribution in [1.82, 2.24) is 0 Å². The van der Waals surface area contributed by atoms with Gasteiger partial charge in [-0.3, -0.25) is 9.59 Å². The van der Waals surface area contributed by atoms with Crippen LogP contribution in [-0.2, 0) is 6.61 Å². The van der Waals surface area contributed by atoms with Crippen LogP contribution in [-0.4, -0.2) is 23.5 Å². The summed E-state index contributed by atoms with van der Waals surface area (Å²) in [4.78, 5) is 24.5. The molecule has 0 radical (unpaired) electrons. The largest absolute Gasteiger partial charge is 0.454 e. The summed E-state index contributed by atoms with van der Waals surface area (Å²) in [5, 5.41) is 9.27. The molecule has 3 rings (SSSR count). The van der Waals surface area contributed by atoms with E-state index in [1.54, 1.807) is 42.5 Å². The van der Waals surface area contributed by atoms with Crippen molar-refractivity contribution >= 4 is 11.6 Å². The molecule has 5 heteroatoms. The van der Waals surface area contributed by atoms with Gasteiger partial charge in [0.05, 0.1) is 6.61 Å². The molecule has 5 nitrogen and oxygen atoms in total. The van der Waals surface area contributed by atoms with Gasteiger partial charge in [0.25, 0.3) is 0 Å². The molecule has 0 amide bonds. The Hall–Kier alpha value is -2.66. The Morgan fingerprint density at radius 2 is 1.70 bits per heavy atom. The highest BCUT2D eigenvalue weighted by atomic mass is 16.7. The summed E-state index contributed by atoms with van der Waals surface area (Å²) in [6.45, 7) is -0.0403. The van der Waals surface area contributed by atoms with Gasteiger partial charge in [-0.1, -0.05) is 24.3 Å². The molecule has 0 unspecified atom stereocenters. The first-order chi connectivity index (χ1) is 11.2. The SMILES string of the molecule is O=C(CCC(=O)c1ccccc1CO)c1ccc2c(c1)OCO2. The van der Waals surface area contributed by atoms with E-state index in [0.29, 0.717) is 28.2 Å². The highest BCUT2D eigenvalue weighted by Crippen LogP contribution is 2.32. The van der Waals surface area contributed by atoms with Crippen LogP contribution in [0.25, 0.3) is 0 Å². The average Bonchev–Trinajstić information content (AvgIpc) is 3.06. The number of hydrogen-bond acceptors (Lipinski definition) is 5. The van der Waals surface area contributed by atoms with Crippen molar-refractivity contribution in [1.29, 1.82) is 0 Å². The first-order valence-corrected chi connectivity index (χ1v) is 7.34. The lowest BCUT2D eigenvalue weighted by Gasteiger charge is -2.06. The fourth-order valence-corrected chi connectivity index (χ4v) is 2.51. The zero-order valence-corrected chi connectivity index (χ0v) is 12.5. The predicted octanol–water partition coefficient (Wildman–Crippen LogP) is 2.75. The van der Waals surface area contributed by atoms with Crippen LogP contribution in [0.2, 0.25) is 0 Å². The molecule has 0 saturated carbocycles. The van der Waals surface area contributed by atoms with Crippen molar-refractivity contribution in [3.8, 4) is 11.5 Å². The Balaban J connectivity index is 1.66. The van der Waals surface area contributed by atoms with E-state index in [1.807, 2.05) is 0 Å². The molecule has 0 fully saturated rings. The van der Waals surface area contributed by atoms with Crippen molar-refractivity contribution in [2.24, 2.45) is 0 Å². The second kappa shape index (κ2) is 6.62. The quantitative estimate of drug-likeness (QED) is 0.830. The zero-order chi connectivity index (χ0) is 16.2. The van der Waals surface area contributed by atoms with Gasteiger partial charge in [0, 0.05) is 24.0 Å². The van der Waals surface area contributed by atoms with Crippen LogP contribution in [0.4, 0.5) is 0 Å². The van der Waals surface area contributed by atoms with Crippen LogP contribution < -0.4 is 9.47 Å². The summed E-state index contributed by atoms with van der Waals surface area (Å²) >= 11 is 0. The predicted molar refractivity (Wildman–Crippen MR) is 82.8 cm³/mol. The van der Waals surface area contributed by atoms with Gasteiger partial charge in [-0.25, -0.2) is 0 Å². The molecule has 1 aliphatic heterocycles. The van der Waals surface area contributed by atoms with E-state index in [-0.39, 0.29) is 37.8 Å².